The molecule has 5 heteroatoms. The van der Waals surface area contributed by atoms with Gasteiger partial charge in [0.05, 0.1) is 17.8 Å². The fourth-order valence-electron chi connectivity index (χ4n) is 2.08. The van der Waals surface area contributed by atoms with E-state index in [9.17, 15) is 4.79 Å². The second-order valence-corrected chi connectivity index (χ2v) is 4.54. The molecule has 0 bridgehead atoms. The highest BCUT2D eigenvalue weighted by Crippen LogP contribution is 2.20. The van der Waals surface area contributed by atoms with Gasteiger partial charge in [0.15, 0.2) is 0 Å². The molecule has 2 rings (SSSR count). The van der Waals surface area contributed by atoms with Crippen molar-refractivity contribution in [2.45, 2.75) is 38.0 Å². The lowest BCUT2D eigenvalue weighted by Crippen LogP contribution is -2.37. The third kappa shape index (κ3) is 3.05. The minimum atomic E-state index is -0.371. The van der Waals surface area contributed by atoms with Crippen LogP contribution in [0.3, 0.4) is 0 Å². The summed E-state index contributed by atoms with van der Waals surface area (Å²) in [5, 5.41) is 2.92. The first-order chi connectivity index (χ1) is 8.70. The van der Waals surface area contributed by atoms with E-state index in [1.165, 1.54) is 0 Å². The largest absolute Gasteiger partial charge is 0.364 e. The number of pyridine rings is 1. The van der Waals surface area contributed by atoms with Crippen LogP contribution in [0.1, 0.15) is 31.5 Å². The number of hydrogen-bond donors (Lipinski definition) is 2. The maximum Gasteiger partial charge on any atom is 0.249 e. The fourth-order valence-corrected chi connectivity index (χ4v) is 2.08. The Morgan fingerprint density at radius 2 is 2.44 bits per heavy atom. The Kier molecular flexibility index (Phi) is 4.28. The van der Waals surface area contributed by atoms with Crippen molar-refractivity contribution in [2.75, 3.05) is 6.54 Å². The molecule has 0 saturated carbocycles. The lowest BCUT2D eigenvalue weighted by molar-refractivity contribution is -0.132. The van der Waals surface area contributed by atoms with Gasteiger partial charge in [0.25, 0.3) is 0 Å². The molecule has 18 heavy (non-hydrogen) atoms. The van der Waals surface area contributed by atoms with Crippen LogP contribution in [-0.2, 0) is 9.53 Å². The summed E-state index contributed by atoms with van der Waals surface area (Å²) < 4.78 is 5.55. The fraction of sp³-hybridized carbons (Fsp3) is 0.538. The van der Waals surface area contributed by atoms with Crippen LogP contribution in [0.2, 0.25) is 0 Å². The quantitative estimate of drug-likeness (QED) is 0.826. The molecule has 0 spiro atoms. The van der Waals surface area contributed by atoms with Crippen molar-refractivity contribution in [1.82, 2.24) is 10.3 Å². The maximum absolute atomic E-state index is 12.0. The number of nitrogens with two attached hydrogens (primary N) is 1. The molecule has 3 N–H and O–H groups in total. The first-order valence-corrected chi connectivity index (χ1v) is 6.27. The van der Waals surface area contributed by atoms with Crippen LogP contribution in [0.25, 0.3) is 0 Å². The number of nitrogens with zero attached hydrogens (tertiary/aromatic N) is 1. The highest BCUT2D eigenvalue weighted by atomic mass is 16.5. The summed E-state index contributed by atoms with van der Waals surface area (Å²) in [6.07, 6.45) is 2.96. The second kappa shape index (κ2) is 5.93. The molecule has 0 aromatic carbocycles. The summed E-state index contributed by atoms with van der Waals surface area (Å²) >= 11 is 0. The molecule has 1 aromatic rings. The number of nitrogens with one attached hydrogen (secondary N) is 1. The van der Waals surface area contributed by atoms with Crippen molar-refractivity contribution in [3.8, 4) is 0 Å². The number of hydrogen-bond acceptors (Lipinski definition) is 4. The summed E-state index contributed by atoms with van der Waals surface area (Å²) in [4.78, 5) is 16.2. The maximum atomic E-state index is 12.0. The van der Waals surface area contributed by atoms with E-state index in [0.29, 0.717) is 6.54 Å². The SMILES string of the molecule is C[C@@H](NC(=O)C1CCC(CN)O1)c1ccccn1. The average molecular weight is 249 g/mol. The van der Waals surface area contributed by atoms with Gasteiger partial charge in [-0.15, -0.1) is 0 Å². The molecule has 5 nitrogen and oxygen atoms in total. The smallest absolute Gasteiger partial charge is 0.249 e. The van der Waals surface area contributed by atoms with Crippen LogP contribution < -0.4 is 11.1 Å². The minimum Gasteiger partial charge on any atom is -0.364 e. The lowest BCUT2D eigenvalue weighted by Gasteiger charge is -2.17. The van der Waals surface area contributed by atoms with Gasteiger partial charge >= 0.3 is 0 Å². The van der Waals surface area contributed by atoms with Crippen molar-refractivity contribution < 1.29 is 9.53 Å². The van der Waals surface area contributed by atoms with Gasteiger partial charge in [-0.2, -0.15) is 0 Å². The molecule has 98 valence electrons. The Morgan fingerprint density at radius 3 is 3.06 bits per heavy atom. The lowest BCUT2D eigenvalue weighted by atomic mass is 10.1. The predicted octanol–water partition coefficient (Wildman–Crippen LogP) is 0.765. The molecule has 1 aliphatic heterocycles. The molecular weight excluding hydrogens is 230 g/mol. The van der Waals surface area contributed by atoms with E-state index in [2.05, 4.69) is 10.3 Å². The molecule has 0 aliphatic carbocycles. The molecule has 2 heterocycles. The van der Waals surface area contributed by atoms with E-state index < -0.39 is 0 Å². The predicted molar refractivity (Wildman–Crippen MR) is 67.7 cm³/mol. The molecule has 1 amide bonds. The van der Waals surface area contributed by atoms with Gasteiger partial charge in [-0.3, -0.25) is 9.78 Å². The average Bonchev–Trinajstić information content (AvgIpc) is 2.88. The van der Waals surface area contributed by atoms with Gasteiger partial charge in [0.1, 0.15) is 6.10 Å². The monoisotopic (exact) mass is 249 g/mol. The van der Waals surface area contributed by atoms with E-state index in [1.807, 2.05) is 25.1 Å². The van der Waals surface area contributed by atoms with Gasteiger partial charge in [0, 0.05) is 12.7 Å². The van der Waals surface area contributed by atoms with Gasteiger partial charge in [0.2, 0.25) is 5.91 Å². The van der Waals surface area contributed by atoms with Crippen LogP contribution in [0.5, 0.6) is 0 Å². The zero-order chi connectivity index (χ0) is 13.0. The second-order valence-electron chi connectivity index (χ2n) is 4.54. The third-order valence-electron chi connectivity index (χ3n) is 3.15. The van der Waals surface area contributed by atoms with Crippen molar-refractivity contribution in [2.24, 2.45) is 5.73 Å². The Morgan fingerprint density at radius 1 is 1.61 bits per heavy atom. The number of carbonyl (C=O) groups excluding carboxylic acids is 1. The molecule has 1 saturated heterocycles. The van der Waals surface area contributed by atoms with Crippen molar-refractivity contribution in [1.29, 1.82) is 0 Å². The summed E-state index contributed by atoms with van der Waals surface area (Å²) in [6.45, 7) is 2.38. The van der Waals surface area contributed by atoms with Gasteiger partial charge in [-0.05, 0) is 31.9 Å². The molecular formula is C13H19N3O2. The Bertz CT molecular complexity index is 396. The molecule has 0 radical (unpaired) electrons. The summed E-state index contributed by atoms with van der Waals surface area (Å²) in [7, 11) is 0. The molecule has 1 fully saturated rings. The molecule has 3 atom stereocenters. The van der Waals surface area contributed by atoms with Crippen LogP contribution in [-0.4, -0.2) is 29.6 Å². The Hall–Kier alpha value is -1.46. The standard InChI is InChI=1S/C13H19N3O2/c1-9(11-4-2-3-7-15-11)16-13(17)12-6-5-10(8-14)18-12/h2-4,7,9-10,12H,5-6,8,14H2,1H3,(H,16,17)/t9-,10?,12?/m1/s1. The summed E-state index contributed by atoms with van der Waals surface area (Å²) in [6, 6.07) is 5.54. The van der Waals surface area contributed by atoms with E-state index in [-0.39, 0.29) is 24.2 Å². The van der Waals surface area contributed by atoms with Crippen LogP contribution in [0, 0.1) is 0 Å². The van der Waals surface area contributed by atoms with Crippen LogP contribution >= 0.6 is 0 Å². The number of ether oxygens (including phenoxy) is 1. The van der Waals surface area contributed by atoms with Gasteiger partial charge in [-0.1, -0.05) is 6.07 Å². The van der Waals surface area contributed by atoms with Crippen molar-refractivity contribution >= 4 is 5.91 Å². The minimum absolute atomic E-state index is 0.0194. The van der Waals surface area contributed by atoms with E-state index in [0.717, 1.165) is 18.5 Å². The number of rotatable bonds is 4. The normalized spacial score (nSPS) is 24.8. The third-order valence-corrected chi connectivity index (χ3v) is 3.15. The van der Waals surface area contributed by atoms with Crippen molar-refractivity contribution in [3.63, 3.8) is 0 Å². The van der Waals surface area contributed by atoms with Crippen molar-refractivity contribution in [3.05, 3.63) is 30.1 Å². The topological polar surface area (TPSA) is 77.2 Å². The number of aromatic nitrogens is 1. The van der Waals surface area contributed by atoms with E-state index in [4.69, 9.17) is 10.5 Å². The zero-order valence-corrected chi connectivity index (χ0v) is 10.5. The highest BCUT2D eigenvalue weighted by Gasteiger charge is 2.30. The Balaban J connectivity index is 1.88. The van der Waals surface area contributed by atoms with Gasteiger partial charge in [-0.25, -0.2) is 0 Å². The van der Waals surface area contributed by atoms with Crippen LogP contribution in [0.4, 0.5) is 0 Å². The molecule has 1 aromatic heterocycles. The first kappa shape index (κ1) is 13.0. The summed E-state index contributed by atoms with van der Waals surface area (Å²) in [5.41, 5.74) is 6.37. The first-order valence-electron chi connectivity index (χ1n) is 6.27. The molecule has 2 unspecified atom stereocenters. The molecule has 1 aliphatic rings. The van der Waals surface area contributed by atoms with E-state index in [1.54, 1.807) is 6.20 Å². The van der Waals surface area contributed by atoms with Gasteiger partial charge < -0.3 is 15.8 Å². The number of carbonyl (C=O) groups is 1. The Labute approximate surface area is 107 Å². The summed E-state index contributed by atoms with van der Waals surface area (Å²) in [5.74, 6) is -0.0795. The zero-order valence-electron chi connectivity index (χ0n) is 10.5. The van der Waals surface area contributed by atoms with Crippen LogP contribution in [0.15, 0.2) is 24.4 Å². The highest BCUT2D eigenvalue weighted by molar-refractivity contribution is 5.81. The van der Waals surface area contributed by atoms with E-state index >= 15 is 0 Å². The number of amides is 1.